The quantitative estimate of drug-likeness (QED) is 0.532. The van der Waals surface area contributed by atoms with Crippen molar-refractivity contribution in [2.45, 2.75) is 5.88 Å². The van der Waals surface area contributed by atoms with Crippen LogP contribution >= 0.6 is 39.1 Å². The maximum Gasteiger partial charge on any atom is 0.115 e. The average Bonchev–Trinajstić information content (AvgIpc) is 2.85. The van der Waals surface area contributed by atoms with Crippen LogP contribution in [0.5, 0.6) is 0 Å². The highest BCUT2D eigenvalue weighted by molar-refractivity contribution is 9.10. The lowest BCUT2D eigenvalue weighted by Crippen LogP contribution is -1.96. The topological polar surface area (TPSA) is 17.8 Å². The number of hydrogen-bond donors (Lipinski definition) is 0. The third-order valence-electron chi connectivity index (χ3n) is 3.17. The summed E-state index contributed by atoms with van der Waals surface area (Å²) in [6, 6.07) is 17.5. The van der Waals surface area contributed by atoms with Crippen molar-refractivity contribution in [3.05, 3.63) is 69.8 Å². The van der Waals surface area contributed by atoms with Gasteiger partial charge in [-0.2, -0.15) is 5.10 Å². The molecule has 1 aromatic heterocycles. The molecule has 0 fully saturated rings. The van der Waals surface area contributed by atoms with E-state index in [0.717, 1.165) is 27.1 Å². The lowest BCUT2D eigenvalue weighted by atomic mass is 10.1. The number of halogens is 3. The van der Waals surface area contributed by atoms with E-state index in [4.69, 9.17) is 28.3 Å². The van der Waals surface area contributed by atoms with E-state index in [1.807, 2.05) is 59.3 Å². The first kappa shape index (κ1) is 14.6. The van der Waals surface area contributed by atoms with Crippen LogP contribution in [0.2, 0.25) is 5.02 Å². The molecule has 0 atom stereocenters. The Balaban J connectivity index is 2.16. The molecular formula is C16H11BrCl2N2. The van der Waals surface area contributed by atoms with Crippen LogP contribution in [-0.2, 0) is 5.88 Å². The predicted molar refractivity (Wildman–Crippen MR) is 91.3 cm³/mol. The Bertz CT molecular complexity index is 752. The number of para-hydroxylation sites is 1. The molecule has 0 bridgehead atoms. The molecule has 0 saturated heterocycles. The van der Waals surface area contributed by atoms with E-state index in [0.29, 0.717) is 10.9 Å². The van der Waals surface area contributed by atoms with Crippen LogP contribution in [0.1, 0.15) is 5.56 Å². The second-order valence-electron chi connectivity index (χ2n) is 4.51. The van der Waals surface area contributed by atoms with Crippen LogP contribution in [-0.4, -0.2) is 9.78 Å². The van der Waals surface area contributed by atoms with E-state index >= 15 is 0 Å². The summed E-state index contributed by atoms with van der Waals surface area (Å²) >= 11 is 15.7. The Morgan fingerprint density at radius 2 is 1.67 bits per heavy atom. The molecule has 0 N–H and O–H groups in total. The summed E-state index contributed by atoms with van der Waals surface area (Å²) in [6.45, 7) is 0. The first-order valence-electron chi connectivity index (χ1n) is 6.35. The summed E-state index contributed by atoms with van der Waals surface area (Å²) in [4.78, 5) is 0. The fraction of sp³-hybridized carbons (Fsp3) is 0.0625. The molecule has 106 valence electrons. The molecule has 0 spiro atoms. The number of nitrogens with zero attached hydrogens (tertiary/aromatic N) is 2. The van der Waals surface area contributed by atoms with Gasteiger partial charge in [0, 0.05) is 16.1 Å². The van der Waals surface area contributed by atoms with Crippen molar-refractivity contribution in [2.24, 2.45) is 0 Å². The van der Waals surface area contributed by atoms with E-state index in [9.17, 15) is 0 Å². The average molecular weight is 382 g/mol. The third kappa shape index (κ3) is 2.86. The Kier molecular flexibility index (Phi) is 4.34. The zero-order valence-electron chi connectivity index (χ0n) is 10.9. The van der Waals surface area contributed by atoms with Crippen LogP contribution in [0.3, 0.4) is 0 Å². The summed E-state index contributed by atoms with van der Waals surface area (Å²) < 4.78 is 2.72. The molecule has 5 heteroatoms. The zero-order valence-corrected chi connectivity index (χ0v) is 14.0. The number of alkyl halides is 1. The summed E-state index contributed by atoms with van der Waals surface area (Å²) in [5.41, 5.74) is 3.79. The Morgan fingerprint density at radius 1 is 1.00 bits per heavy atom. The number of rotatable bonds is 3. The Labute approximate surface area is 141 Å². The molecule has 0 radical (unpaired) electrons. The minimum absolute atomic E-state index is 0.380. The van der Waals surface area contributed by atoms with Crippen molar-refractivity contribution in [3.8, 4) is 16.9 Å². The lowest BCUT2D eigenvalue weighted by molar-refractivity contribution is 0.863. The highest BCUT2D eigenvalue weighted by atomic mass is 79.9. The monoisotopic (exact) mass is 380 g/mol. The largest absolute Gasteiger partial charge is 0.226 e. The van der Waals surface area contributed by atoms with Gasteiger partial charge in [-0.25, -0.2) is 4.68 Å². The van der Waals surface area contributed by atoms with E-state index in [-0.39, 0.29) is 0 Å². The molecule has 3 rings (SSSR count). The van der Waals surface area contributed by atoms with Crippen LogP contribution in [0.25, 0.3) is 16.9 Å². The van der Waals surface area contributed by atoms with Crippen LogP contribution in [0, 0.1) is 0 Å². The van der Waals surface area contributed by atoms with Gasteiger partial charge in [-0.15, -0.1) is 11.6 Å². The van der Waals surface area contributed by atoms with Crippen molar-refractivity contribution in [1.29, 1.82) is 0 Å². The normalized spacial score (nSPS) is 10.8. The minimum Gasteiger partial charge on any atom is -0.226 e. The predicted octanol–water partition coefficient (Wildman–Crippen LogP) is 5.69. The smallest absolute Gasteiger partial charge is 0.115 e. The lowest BCUT2D eigenvalue weighted by Gasteiger charge is -2.02. The third-order valence-corrected chi connectivity index (χ3v) is 4.51. The first-order valence-corrected chi connectivity index (χ1v) is 8.06. The standard InChI is InChI=1S/C16H11BrCl2N2/c17-16-14(10-18)15(11-6-8-12(19)9-7-11)20-21(16)13-4-2-1-3-5-13/h1-9H,10H2. The van der Waals surface area contributed by atoms with Gasteiger partial charge in [0.15, 0.2) is 0 Å². The molecule has 0 aliphatic rings. The van der Waals surface area contributed by atoms with Crippen molar-refractivity contribution in [2.75, 3.05) is 0 Å². The summed E-state index contributed by atoms with van der Waals surface area (Å²) in [5, 5.41) is 5.39. The SMILES string of the molecule is ClCc1c(-c2ccc(Cl)cc2)nn(-c2ccccc2)c1Br. The van der Waals surface area contributed by atoms with Gasteiger partial charge in [0.1, 0.15) is 4.60 Å². The van der Waals surface area contributed by atoms with E-state index < -0.39 is 0 Å². The van der Waals surface area contributed by atoms with Crippen molar-refractivity contribution in [1.82, 2.24) is 9.78 Å². The molecule has 2 aromatic carbocycles. The van der Waals surface area contributed by atoms with Crippen molar-refractivity contribution < 1.29 is 0 Å². The van der Waals surface area contributed by atoms with Crippen LogP contribution in [0.4, 0.5) is 0 Å². The molecule has 3 aromatic rings. The highest BCUT2D eigenvalue weighted by Crippen LogP contribution is 2.32. The second-order valence-corrected chi connectivity index (χ2v) is 5.96. The molecule has 1 heterocycles. The maximum atomic E-state index is 6.11. The Hall–Kier alpha value is -1.29. The molecule has 0 aliphatic heterocycles. The molecule has 0 amide bonds. The number of hydrogen-bond acceptors (Lipinski definition) is 1. The number of aromatic nitrogens is 2. The number of benzene rings is 2. The molecule has 0 unspecified atom stereocenters. The molecular weight excluding hydrogens is 371 g/mol. The molecule has 0 aliphatic carbocycles. The van der Waals surface area contributed by atoms with Gasteiger partial charge in [0.2, 0.25) is 0 Å². The van der Waals surface area contributed by atoms with Crippen molar-refractivity contribution in [3.63, 3.8) is 0 Å². The van der Waals surface area contributed by atoms with Gasteiger partial charge in [0.25, 0.3) is 0 Å². The van der Waals surface area contributed by atoms with E-state index in [2.05, 4.69) is 15.9 Å². The van der Waals surface area contributed by atoms with Gasteiger partial charge in [-0.05, 0) is 40.2 Å². The zero-order chi connectivity index (χ0) is 14.8. The maximum absolute atomic E-state index is 6.11. The van der Waals surface area contributed by atoms with E-state index in [1.165, 1.54) is 0 Å². The molecule has 2 nitrogen and oxygen atoms in total. The van der Waals surface area contributed by atoms with Gasteiger partial charge >= 0.3 is 0 Å². The fourth-order valence-electron chi connectivity index (χ4n) is 2.13. The van der Waals surface area contributed by atoms with Gasteiger partial charge in [-0.1, -0.05) is 41.9 Å². The highest BCUT2D eigenvalue weighted by Gasteiger charge is 2.17. The minimum atomic E-state index is 0.380. The summed E-state index contributed by atoms with van der Waals surface area (Å²) in [6.07, 6.45) is 0. The van der Waals surface area contributed by atoms with Crippen molar-refractivity contribution >= 4 is 39.1 Å². The summed E-state index contributed by atoms with van der Waals surface area (Å²) in [7, 11) is 0. The fourth-order valence-corrected chi connectivity index (χ4v) is 3.28. The molecule has 0 saturated carbocycles. The van der Waals surface area contributed by atoms with Crippen LogP contribution < -0.4 is 0 Å². The van der Waals surface area contributed by atoms with Gasteiger partial charge in [0.05, 0.1) is 17.3 Å². The molecule has 21 heavy (non-hydrogen) atoms. The van der Waals surface area contributed by atoms with Gasteiger partial charge in [-0.3, -0.25) is 0 Å². The van der Waals surface area contributed by atoms with E-state index in [1.54, 1.807) is 0 Å². The second kappa shape index (κ2) is 6.22. The van der Waals surface area contributed by atoms with Gasteiger partial charge < -0.3 is 0 Å². The summed E-state index contributed by atoms with van der Waals surface area (Å²) in [5.74, 6) is 0.380. The Morgan fingerprint density at radius 3 is 2.29 bits per heavy atom. The first-order chi connectivity index (χ1) is 10.2. The van der Waals surface area contributed by atoms with Crippen LogP contribution in [0.15, 0.2) is 59.2 Å².